The summed E-state index contributed by atoms with van der Waals surface area (Å²) >= 11 is 0. The van der Waals surface area contributed by atoms with Crippen molar-refractivity contribution in [1.82, 2.24) is 0 Å². The highest BCUT2D eigenvalue weighted by atomic mass is 16.7. The molecule has 0 amide bonds. The van der Waals surface area contributed by atoms with E-state index >= 15 is 0 Å². The molecule has 5 aliphatic heterocycles. The van der Waals surface area contributed by atoms with Crippen molar-refractivity contribution in [2.24, 2.45) is 35.0 Å². The van der Waals surface area contributed by atoms with E-state index in [2.05, 4.69) is 0 Å². The standard InChI is InChI=1S/C29H38O10/c1-12-10-15(36-23(12)33)20(31)13(2)19-21-26(19,5)8-9-27-14(22(32)29(21,35)39-27)6-7-16-25(3,4)37-17-11-18(30)38-28(16,17)24(27)34/h10,13-17,19-21,24,31,34-35H,6-9,11H2,1-5H3. The van der Waals surface area contributed by atoms with E-state index in [-0.39, 0.29) is 24.7 Å². The Kier molecular flexibility index (Phi) is 5.02. The first-order valence-electron chi connectivity index (χ1n) is 14.3. The monoisotopic (exact) mass is 546 g/mol. The fraction of sp³-hybridized carbons (Fsp3) is 0.828. The van der Waals surface area contributed by atoms with Gasteiger partial charge in [-0.15, -0.1) is 0 Å². The summed E-state index contributed by atoms with van der Waals surface area (Å²) in [5.74, 6) is -5.88. The average molecular weight is 547 g/mol. The second-order valence-corrected chi connectivity index (χ2v) is 14.0. The molecule has 2 spiro atoms. The third-order valence-electron chi connectivity index (χ3n) is 11.8. The molecule has 10 nitrogen and oxygen atoms in total. The number of Topliss-reactive ketones (excluding diaryl/α,β-unsaturated/α-hetero) is 1. The molecule has 0 aromatic rings. The summed E-state index contributed by atoms with van der Waals surface area (Å²) in [5.41, 5.74) is -3.56. The quantitative estimate of drug-likeness (QED) is 0.441. The molecule has 39 heavy (non-hydrogen) atoms. The third kappa shape index (κ3) is 2.92. The largest absolute Gasteiger partial charge is 0.453 e. The van der Waals surface area contributed by atoms with E-state index in [1.165, 1.54) is 0 Å². The predicted octanol–water partition coefficient (Wildman–Crippen LogP) is 1.18. The van der Waals surface area contributed by atoms with Gasteiger partial charge >= 0.3 is 11.9 Å². The minimum absolute atomic E-state index is 0.0213. The summed E-state index contributed by atoms with van der Waals surface area (Å²) in [6.07, 6.45) is -0.517. The van der Waals surface area contributed by atoms with Crippen molar-refractivity contribution < 1.29 is 48.7 Å². The molecule has 3 N–H and O–H groups in total. The Morgan fingerprint density at radius 3 is 2.49 bits per heavy atom. The Hall–Kier alpha value is -1.85. The zero-order chi connectivity index (χ0) is 28.1. The van der Waals surface area contributed by atoms with Gasteiger partial charge in [0.05, 0.1) is 24.0 Å². The lowest BCUT2D eigenvalue weighted by Crippen LogP contribution is -2.63. The molecule has 13 unspecified atom stereocenters. The van der Waals surface area contributed by atoms with Gasteiger partial charge in [0.25, 0.3) is 0 Å². The van der Waals surface area contributed by atoms with Gasteiger partial charge in [0.15, 0.2) is 11.4 Å². The SMILES string of the molecule is CC1=CC(C(O)C(C)C2C3C4(O)OC5(CCC23C)C(CCC2C(C)(C)OC3CC(=O)OC32C5O)C4=O)OC1=O. The molecule has 7 rings (SSSR count). The molecule has 5 heterocycles. The highest BCUT2D eigenvalue weighted by molar-refractivity contribution is 5.93. The molecule has 10 heteroatoms. The number of hydrogen-bond acceptors (Lipinski definition) is 10. The fourth-order valence-electron chi connectivity index (χ4n) is 10.1. The van der Waals surface area contributed by atoms with Gasteiger partial charge in [-0.1, -0.05) is 13.8 Å². The Balaban J connectivity index is 1.24. The smallest absolute Gasteiger partial charge is 0.334 e. The van der Waals surface area contributed by atoms with E-state index in [4.69, 9.17) is 18.9 Å². The van der Waals surface area contributed by atoms with Crippen LogP contribution in [0.1, 0.15) is 66.7 Å². The van der Waals surface area contributed by atoms with Gasteiger partial charge in [-0.3, -0.25) is 9.59 Å². The number of rotatable bonds is 3. The molecule has 2 aliphatic carbocycles. The van der Waals surface area contributed by atoms with Crippen LogP contribution < -0.4 is 0 Å². The number of ether oxygens (including phenoxy) is 4. The molecule has 6 fully saturated rings. The number of carbonyl (C=O) groups is 3. The number of aliphatic hydroxyl groups excluding tert-OH is 2. The lowest BCUT2D eigenvalue weighted by molar-refractivity contribution is -0.276. The molecule has 13 atom stereocenters. The lowest BCUT2D eigenvalue weighted by atomic mass is 9.67. The van der Waals surface area contributed by atoms with Gasteiger partial charge in [-0.05, 0) is 69.8 Å². The van der Waals surface area contributed by atoms with Crippen molar-refractivity contribution in [3.63, 3.8) is 0 Å². The lowest BCUT2D eigenvalue weighted by Gasteiger charge is -2.45. The zero-order valence-electron chi connectivity index (χ0n) is 23.0. The molecule has 0 aromatic heterocycles. The van der Waals surface area contributed by atoms with E-state index < -0.39 is 87.9 Å². The first kappa shape index (κ1) is 26.1. The highest BCUT2D eigenvalue weighted by Gasteiger charge is 2.85. The molecular formula is C29H38O10. The van der Waals surface area contributed by atoms with E-state index in [1.54, 1.807) is 13.0 Å². The number of hydrogen-bond donors (Lipinski definition) is 3. The number of cyclic esters (lactones) is 1. The van der Waals surface area contributed by atoms with Gasteiger partial charge in [0, 0.05) is 17.4 Å². The van der Waals surface area contributed by atoms with Crippen LogP contribution in [0.4, 0.5) is 0 Å². The van der Waals surface area contributed by atoms with Crippen molar-refractivity contribution >= 4 is 17.7 Å². The van der Waals surface area contributed by atoms with Gasteiger partial charge in [-0.2, -0.15) is 0 Å². The van der Waals surface area contributed by atoms with Crippen molar-refractivity contribution in [1.29, 1.82) is 0 Å². The second-order valence-electron chi connectivity index (χ2n) is 14.0. The van der Waals surface area contributed by atoms with Crippen molar-refractivity contribution in [3.05, 3.63) is 11.6 Å². The minimum Gasteiger partial charge on any atom is -0.453 e. The van der Waals surface area contributed by atoms with Gasteiger partial charge < -0.3 is 34.3 Å². The number of esters is 2. The zero-order valence-corrected chi connectivity index (χ0v) is 23.0. The van der Waals surface area contributed by atoms with Crippen molar-refractivity contribution in [2.45, 2.75) is 114 Å². The molecule has 0 radical (unpaired) electrons. The number of fused-ring (bicyclic) bond motifs is 3. The van der Waals surface area contributed by atoms with Crippen LogP contribution >= 0.6 is 0 Å². The molecule has 2 bridgehead atoms. The maximum absolute atomic E-state index is 14.1. The van der Waals surface area contributed by atoms with Crippen molar-refractivity contribution in [3.8, 4) is 0 Å². The number of aliphatic hydroxyl groups is 3. The molecule has 2 saturated carbocycles. The van der Waals surface area contributed by atoms with Crippen LogP contribution in [-0.4, -0.2) is 80.0 Å². The Morgan fingerprint density at radius 1 is 1.10 bits per heavy atom. The van der Waals surface area contributed by atoms with E-state index in [0.717, 1.165) is 0 Å². The first-order chi connectivity index (χ1) is 18.1. The maximum Gasteiger partial charge on any atom is 0.334 e. The van der Waals surface area contributed by atoms with Crippen LogP contribution in [0.3, 0.4) is 0 Å². The molecular weight excluding hydrogens is 508 g/mol. The van der Waals surface area contributed by atoms with Crippen LogP contribution in [0.5, 0.6) is 0 Å². The third-order valence-corrected chi connectivity index (χ3v) is 11.8. The van der Waals surface area contributed by atoms with Crippen molar-refractivity contribution in [2.75, 3.05) is 0 Å². The van der Waals surface area contributed by atoms with E-state index in [0.29, 0.717) is 24.8 Å². The topological polar surface area (TPSA) is 149 Å². The minimum atomic E-state index is -2.15. The van der Waals surface area contributed by atoms with Crippen LogP contribution in [0.15, 0.2) is 11.6 Å². The van der Waals surface area contributed by atoms with Gasteiger partial charge in [0.1, 0.15) is 23.9 Å². The summed E-state index contributed by atoms with van der Waals surface area (Å²) in [6.45, 7) is 9.32. The molecule has 0 aromatic carbocycles. The normalized spacial score (nSPS) is 54.3. The van der Waals surface area contributed by atoms with E-state index in [9.17, 15) is 29.7 Å². The Bertz CT molecular complexity index is 1210. The van der Waals surface area contributed by atoms with Gasteiger partial charge in [0.2, 0.25) is 5.79 Å². The summed E-state index contributed by atoms with van der Waals surface area (Å²) in [5, 5.41) is 35.4. The second kappa shape index (κ2) is 7.50. The molecule has 4 saturated heterocycles. The Labute approximate surface area is 227 Å². The first-order valence-corrected chi connectivity index (χ1v) is 14.3. The van der Waals surface area contributed by atoms with Crippen LogP contribution in [0, 0.1) is 35.0 Å². The van der Waals surface area contributed by atoms with Crippen LogP contribution in [-0.2, 0) is 33.3 Å². The van der Waals surface area contributed by atoms with Crippen LogP contribution in [0.25, 0.3) is 0 Å². The van der Waals surface area contributed by atoms with Crippen LogP contribution in [0.2, 0.25) is 0 Å². The summed E-state index contributed by atoms with van der Waals surface area (Å²) in [7, 11) is 0. The highest BCUT2D eigenvalue weighted by Crippen LogP contribution is 2.75. The van der Waals surface area contributed by atoms with E-state index in [1.807, 2.05) is 27.7 Å². The predicted molar refractivity (Wildman–Crippen MR) is 132 cm³/mol. The summed E-state index contributed by atoms with van der Waals surface area (Å²) in [6, 6.07) is 0. The Morgan fingerprint density at radius 2 is 1.82 bits per heavy atom. The maximum atomic E-state index is 14.1. The fourth-order valence-corrected chi connectivity index (χ4v) is 10.1. The molecule has 214 valence electrons. The van der Waals surface area contributed by atoms with Gasteiger partial charge in [-0.25, -0.2) is 4.79 Å². The summed E-state index contributed by atoms with van der Waals surface area (Å²) in [4.78, 5) is 38.6. The summed E-state index contributed by atoms with van der Waals surface area (Å²) < 4.78 is 24.1. The molecule has 7 aliphatic rings. The number of carbonyl (C=O) groups excluding carboxylic acids is 3. The average Bonchev–Trinajstić information content (AvgIpc) is 2.96. The number of ketones is 1.